The molecule has 2 aliphatic heterocycles. The van der Waals surface area contributed by atoms with Gasteiger partial charge < -0.3 is 19.1 Å². The molecule has 0 atom stereocenters. The first kappa shape index (κ1) is 22.6. The normalized spacial score (nSPS) is 17.7. The molecule has 7 nitrogen and oxygen atoms in total. The lowest BCUT2D eigenvalue weighted by Gasteiger charge is -2.37. The van der Waals surface area contributed by atoms with Gasteiger partial charge in [0.1, 0.15) is 21.9 Å². The first-order valence-corrected chi connectivity index (χ1v) is 13.2. The van der Waals surface area contributed by atoms with Crippen LogP contribution in [0, 0.1) is 0 Å². The molecule has 1 aromatic carbocycles. The maximum absolute atomic E-state index is 12.8. The van der Waals surface area contributed by atoms with Gasteiger partial charge in [-0.25, -0.2) is 9.97 Å². The van der Waals surface area contributed by atoms with Crippen LogP contribution < -0.4 is 4.74 Å². The van der Waals surface area contributed by atoms with E-state index in [0.29, 0.717) is 45.1 Å². The van der Waals surface area contributed by atoms with Crippen LogP contribution in [0.2, 0.25) is 0 Å². The van der Waals surface area contributed by atoms with Crippen molar-refractivity contribution in [3.8, 4) is 16.9 Å². The summed E-state index contributed by atoms with van der Waals surface area (Å²) in [5, 5.41) is 4.10. The fourth-order valence-corrected chi connectivity index (χ4v) is 6.27. The molecule has 2 aromatic heterocycles. The monoisotopic (exact) mass is 485 g/mol. The van der Waals surface area contributed by atoms with Gasteiger partial charge in [0.05, 0.1) is 25.2 Å². The van der Waals surface area contributed by atoms with E-state index in [-0.39, 0.29) is 5.91 Å². The van der Waals surface area contributed by atoms with Crippen LogP contribution in [0.3, 0.4) is 0 Å². The number of rotatable bonds is 7. The van der Waals surface area contributed by atoms with Crippen molar-refractivity contribution in [1.29, 1.82) is 0 Å². The van der Waals surface area contributed by atoms with E-state index in [2.05, 4.69) is 27.5 Å². The molecule has 0 N–H and O–H groups in total. The second kappa shape index (κ2) is 9.97. The van der Waals surface area contributed by atoms with E-state index in [1.165, 1.54) is 0 Å². The molecule has 174 valence electrons. The Morgan fingerprint density at radius 3 is 2.67 bits per heavy atom. The van der Waals surface area contributed by atoms with Crippen LogP contribution >= 0.6 is 23.1 Å². The Morgan fingerprint density at radius 1 is 1.18 bits per heavy atom. The highest BCUT2D eigenvalue weighted by Gasteiger charge is 2.40. The van der Waals surface area contributed by atoms with Gasteiger partial charge in [-0.3, -0.25) is 4.79 Å². The number of piperidine rings is 1. The number of thiophene rings is 1. The van der Waals surface area contributed by atoms with Crippen LogP contribution in [0.5, 0.6) is 5.75 Å². The molecule has 0 unspecified atom stereocenters. The van der Waals surface area contributed by atoms with Crippen LogP contribution in [0.4, 0.5) is 0 Å². The average molecular weight is 486 g/mol. The standard InChI is InChI=1S/C24H27N3O4S2/c1-2-29-18-5-3-17(4-6-18)19-15-33-23-21(19)22(25-16-26-23)32-14-7-20(28)27-10-8-24(9-11-27)30-12-13-31-24/h3-6,15-16H,2,7-14H2,1H3. The maximum atomic E-state index is 12.8. The van der Waals surface area contributed by atoms with Crippen molar-refractivity contribution in [3.63, 3.8) is 0 Å². The maximum Gasteiger partial charge on any atom is 0.223 e. The minimum absolute atomic E-state index is 0.178. The molecule has 1 spiro atoms. The Hall–Kier alpha value is -2.20. The zero-order valence-corrected chi connectivity index (χ0v) is 20.3. The smallest absolute Gasteiger partial charge is 0.223 e. The summed E-state index contributed by atoms with van der Waals surface area (Å²) in [5.74, 6) is 1.27. The number of carbonyl (C=O) groups is 1. The molecule has 5 rings (SSSR count). The first-order chi connectivity index (χ1) is 16.2. The molecule has 2 saturated heterocycles. The lowest BCUT2D eigenvalue weighted by atomic mass is 10.0. The van der Waals surface area contributed by atoms with E-state index in [0.717, 1.165) is 45.0 Å². The predicted molar refractivity (Wildman–Crippen MR) is 130 cm³/mol. The van der Waals surface area contributed by atoms with Crippen molar-refractivity contribution in [2.45, 2.75) is 37.0 Å². The second-order valence-electron chi connectivity index (χ2n) is 8.05. The fraction of sp³-hybridized carbons (Fsp3) is 0.458. The third-order valence-electron chi connectivity index (χ3n) is 6.06. The average Bonchev–Trinajstić information content (AvgIpc) is 3.48. The summed E-state index contributed by atoms with van der Waals surface area (Å²) in [4.78, 5) is 24.7. The van der Waals surface area contributed by atoms with Gasteiger partial charge in [-0.15, -0.1) is 23.1 Å². The Morgan fingerprint density at radius 2 is 1.94 bits per heavy atom. The SMILES string of the molecule is CCOc1ccc(-c2csc3ncnc(SCCC(=O)N4CCC5(CC4)OCCO5)c23)cc1. The number of hydrogen-bond acceptors (Lipinski definition) is 8. The largest absolute Gasteiger partial charge is 0.494 e. The summed E-state index contributed by atoms with van der Waals surface area (Å²) in [5.41, 5.74) is 2.22. The van der Waals surface area contributed by atoms with Gasteiger partial charge in [0.25, 0.3) is 0 Å². The number of fused-ring (bicyclic) bond motifs is 1. The van der Waals surface area contributed by atoms with Gasteiger partial charge in [0.15, 0.2) is 5.79 Å². The number of aromatic nitrogens is 2. The van der Waals surface area contributed by atoms with E-state index in [1.54, 1.807) is 29.4 Å². The molecule has 0 bridgehead atoms. The van der Waals surface area contributed by atoms with Gasteiger partial charge in [0.2, 0.25) is 5.91 Å². The highest BCUT2D eigenvalue weighted by Crippen LogP contribution is 2.38. The lowest BCUT2D eigenvalue weighted by molar-refractivity contribution is -0.187. The number of ether oxygens (including phenoxy) is 3. The Bertz CT molecular complexity index is 1100. The second-order valence-corrected chi connectivity index (χ2v) is 9.99. The molecule has 0 radical (unpaired) electrons. The molecule has 2 aliphatic rings. The third-order valence-corrected chi connectivity index (χ3v) is 7.94. The summed E-state index contributed by atoms with van der Waals surface area (Å²) in [6, 6.07) is 8.11. The first-order valence-electron chi connectivity index (χ1n) is 11.3. The van der Waals surface area contributed by atoms with Gasteiger partial charge in [-0.1, -0.05) is 12.1 Å². The molecular weight excluding hydrogens is 458 g/mol. The Balaban J connectivity index is 1.23. The highest BCUT2D eigenvalue weighted by atomic mass is 32.2. The molecule has 1 amide bonds. The van der Waals surface area contributed by atoms with Crippen LogP contribution in [0.15, 0.2) is 41.0 Å². The molecule has 4 heterocycles. The lowest BCUT2D eigenvalue weighted by Crippen LogP contribution is -2.47. The molecule has 0 saturated carbocycles. The van der Waals surface area contributed by atoms with Crippen LogP contribution in [-0.2, 0) is 14.3 Å². The van der Waals surface area contributed by atoms with Crippen LogP contribution in [0.1, 0.15) is 26.2 Å². The van der Waals surface area contributed by atoms with E-state index in [9.17, 15) is 4.79 Å². The number of amides is 1. The van der Waals surface area contributed by atoms with E-state index in [4.69, 9.17) is 14.2 Å². The molecule has 0 aliphatic carbocycles. The van der Waals surface area contributed by atoms with Gasteiger partial charge >= 0.3 is 0 Å². The number of carbonyl (C=O) groups excluding carboxylic acids is 1. The summed E-state index contributed by atoms with van der Waals surface area (Å²) in [6.07, 6.45) is 3.58. The third kappa shape index (κ3) is 4.87. The molecule has 33 heavy (non-hydrogen) atoms. The Labute approximate surface area is 201 Å². The number of nitrogens with zero attached hydrogens (tertiary/aromatic N) is 3. The van der Waals surface area contributed by atoms with Crippen molar-refractivity contribution in [2.75, 3.05) is 38.7 Å². The van der Waals surface area contributed by atoms with Crippen LogP contribution in [-0.4, -0.2) is 65.2 Å². The zero-order chi connectivity index (χ0) is 22.7. The number of benzene rings is 1. The predicted octanol–water partition coefficient (Wildman–Crippen LogP) is 4.60. The van der Waals surface area contributed by atoms with Crippen LogP contribution in [0.25, 0.3) is 21.3 Å². The highest BCUT2D eigenvalue weighted by molar-refractivity contribution is 7.99. The molecule has 9 heteroatoms. The summed E-state index contributed by atoms with van der Waals surface area (Å²) < 4.78 is 17.1. The van der Waals surface area contributed by atoms with Gasteiger partial charge in [-0.2, -0.15) is 0 Å². The zero-order valence-electron chi connectivity index (χ0n) is 18.6. The number of thioether (sulfide) groups is 1. The Kier molecular flexibility index (Phi) is 6.82. The van der Waals surface area contributed by atoms with Crippen molar-refractivity contribution >= 4 is 39.2 Å². The van der Waals surface area contributed by atoms with E-state index < -0.39 is 5.79 Å². The quantitative estimate of drug-likeness (QED) is 0.358. The van der Waals surface area contributed by atoms with E-state index in [1.807, 2.05) is 24.0 Å². The molecular formula is C24H27N3O4S2. The summed E-state index contributed by atoms with van der Waals surface area (Å²) in [7, 11) is 0. The summed E-state index contributed by atoms with van der Waals surface area (Å²) in [6.45, 7) is 5.31. The van der Waals surface area contributed by atoms with Gasteiger partial charge in [0, 0.05) is 49.0 Å². The van der Waals surface area contributed by atoms with Gasteiger partial charge in [-0.05, 0) is 24.6 Å². The number of likely N-dealkylation sites (tertiary alicyclic amines) is 1. The minimum atomic E-state index is -0.450. The summed E-state index contributed by atoms with van der Waals surface area (Å²) >= 11 is 3.23. The molecule has 2 fully saturated rings. The topological polar surface area (TPSA) is 73.8 Å². The van der Waals surface area contributed by atoms with E-state index >= 15 is 0 Å². The molecule has 3 aromatic rings. The fourth-order valence-electron chi connectivity index (χ4n) is 4.34. The van der Waals surface area contributed by atoms with Crippen molar-refractivity contribution < 1.29 is 19.0 Å². The van der Waals surface area contributed by atoms with Crippen molar-refractivity contribution in [2.24, 2.45) is 0 Å². The minimum Gasteiger partial charge on any atom is -0.494 e. The van der Waals surface area contributed by atoms with Crippen molar-refractivity contribution in [3.05, 3.63) is 36.0 Å². The number of hydrogen-bond donors (Lipinski definition) is 0. The van der Waals surface area contributed by atoms with Crippen molar-refractivity contribution in [1.82, 2.24) is 14.9 Å².